The van der Waals surface area contributed by atoms with Crippen molar-refractivity contribution in [2.75, 3.05) is 18.5 Å². The molecule has 0 aliphatic heterocycles. The average Bonchev–Trinajstić information content (AvgIpc) is 2.75. The van der Waals surface area contributed by atoms with Crippen LogP contribution in [0.3, 0.4) is 0 Å². The number of fused-ring (bicyclic) bond motifs is 1. The third-order valence-corrected chi connectivity index (χ3v) is 4.61. The second kappa shape index (κ2) is 9.40. The van der Waals surface area contributed by atoms with E-state index in [1.165, 1.54) is 30.5 Å². The number of anilines is 2. The van der Waals surface area contributed by atoms with Gasteiger partial charge in [-0.25, -0.2) is 9.59 Å². The van der Waals surface area contributed by atoms with Crippen LogP contribution in [-0.4, -0.2) is 35.1 Å². The van der Waals surface area contributed by atoms with Crippen LogP contribution >= 0.6 is 11.6 Å². The summed E-state index contributed by atoms with van der Waals surface area (Å²) in [6.45, 7) is 3.71. The number of ether oxygens (including phenoxy) is 2. The molecule has 0 aliphatic carbocycles. The number of nitrogens with zero attached hydrogens (tertiary/aromatic N) is 2. The van der Waals surface area contributed by atoms with Crippen molar-refractivity contribution in [2.45, 2.75) is 13.8 Å². The molecule has 1 heterocycles. The molecule has 0 saturated carbocycles. The van der Waals surface area contributed by atoms with E-state index < -0.39 is 16.9 Å². The summed E-state index contributed by atoms with van der Waals surface area (Å²) in [6.07, 6.45) is 1.34. The van der Waals surface area contributed by atoms with E-state index >= 15 is 0 Å². The molecule has 0 amide bonds. The van der Waals surface area contributed by atoms with E-state index in [1.807, 2.05) is 0 Å². The van der Waals surface area contributed by atoms with Crippen molar-refractivity contribution in [1.82, 2.24) is 4.98 Å². The standard InChI is InChI=1S/C21H18ClN3O6/c1-3-30-20(26)12-5-8-17-14(9-12)19(15(11-23-17)21(27)31-4-2)24-13-6-7-16(22)18(10-13)25(28)29/h5-11H,3-4H2,1-2H3,(H,23,24). The molecule has 0 bridgehead atoms. The summed E-state index contributed by atoms with van der Waals surface area (Å²) in [5.74, 6) is -1.16. The van der Waals surface area contributed by atoms with Crippen molar-refractivity contribution in [3.63, 3.8) is 0 Å². The molecule has 0 aliphatic rings. The van der Waals surface area contributed by atoms with Crippen LogP contribution in [0.1, 0.15) is 34.6 Å². The molecule has 0 unspecified atom stereocenters. The van der Waals surface area contributed by atoms with Gasteiger partial charge in [0.2, 0.25) is 0 Å². The van der Waals surface area contributed by atoms with Crippen molar-refractivity contribution in [1.29, 1.82) is 0 Å². The van der Waals surface area contributed by atoms with Crippen molar-refractivity contribution < 1.29 is 24.0 Å². The van der Waals surface area contributed by atoms with Crippen LogP contribution in [0.5, 0.6) is 0 Å². The van der Waals surface area contributed by atoms with Crippen molar-refractivity contribution in [3.05, 3.63) is 68.9 Å². The lowest BCUT2D eigenvalue weighted by atomic mass is 10.1. The highest BCUT2D eigenvalue weighted by molar-refractivity contribution is 6.32. The topological polar surface area (TPSA) is 121 Å². The van der Waals surface area contributed by atoms with Gasteiger partial charge in [0.15, 0.2) is 0 Å². The maximum atomic E-state index is 12.5. The first-order valence-electron chi connectivity index (χ1n) is 9.33. The lowest BCUT2D eigenvalue weighted by Gasteiger charge is -2.15. The number of benzene rings is 2. The Balaban J connectivity index is 2.19. The normalized spacial score (nSPS) is 10.5. The number of carbonyl (C=O) groups excluding carboxylic acids is 2. The van der Waals surface area contributed by atoms with Gasteiger partial charge in [0, 0.05) is 23.3 Å². The van der Waals surface area contributed by atoms with E-state index in [1.54, 1.807) is 26.0 Å². The minimum absolute atomic E-state index is 0.0228. The minimum Gasteiger partial charge on any atom is -0.462 e. The predicted octanol–water partition coefficient (Wildman–Crippen LogP) is 4.89. The molecule has 9 nitrogen and oxygen atoms in total. The van der Waals surface area contributed by atoms with Crippen LogP contribution in [0, 0.1) is 10.1 Å². The molecular formula is C21H18ClN3O6. The Labute approximate surface area is 182 Å². The van der Waals surface area contributed by atoms with Crippen LogP contribution in [0.25, 0.3) is 10.9 Å². The first-order chi connectivity index (χ1) is 14.8. The molecule has 0 radical (unpaired) electrons. The second-order valence-electron chi connectivity index (χ2n) is 6.27. The lowest BCUT2D eigenvalue weighted by Crippen LogP contribution is -2.10. The summed E-state index contributed by atoms with van der Waals surface area (Å²) in [5, 5.41) is 14.7. The van der Waals surface area contributed by atoms with E-state index in [0.717, 1.165) is 0 Å². The van der Waals surface area contributed by atoms with Crippen molar-refractivity contribution in [3.8, 4) is 0 Å². The summed E-state index contributed by atoms with van der Waals surface area (Å²) < 4.78 is 10.2. The summed E-state index contributed by atoms with van der Waals surface area (Å²) in [5.41, 5.74) is 1.17. The number of esters is 2. The number of rotatable bonds is 7. The van der Waals surface area contributed by atoms with E-state index in [-0.39, 0.29) is 40.7 Å². The number of hydrogen-bond acceptors (Lipinski definition) is 8. The number of hydrogen-bond donors (Lipinski definition) is 1. The molecule has 1 N–H and O–H groups in total. The first kappa shape index (κ1) is 22.0. The Morgan fingerprint density at radius 1 is 1.10 bits per heavy atom. The summed E-state index contributed by atoms with van der Waals surface area (Å²) in [6, 6.07) is 8.87. The molecule has 3 rings (SSSR count). The third kappa shape index (κ3) is 4.72. The second-order valence-corrected chi connectivity index (χ2v) is 6.68. The Hall–Kier alpha value is -3.72. The maximum Gasteiger partial charge on any atom is 0.341 e. The van der Waals surface area contributed by atoms with Crippen LogP contribution in [-0.2, 0) is 9.47 Å². The smallest absolute Gasteiger partial charge is 0.341 e. The third-order valence-electron chi connectivity index (χ3n) is 4.29. The van der Waals surface area contributed by atoms with E-state index in [9.17, 15) is 19.7 Å². The Bertz CT molecular complexity index is 1180. The SMILES string of the molecule is CCOC(=O)c1ccc2ncc(C(=O)OCC)c(Nc3ccc(Cl)c([N+](=O)[O-])c3)c2c1. The molecule has 0 spiro atoms. The molecule has 1 aromatic heterocycles. The van der Waals surface area contributed by atoms with E-state index in [0.29, 0.717) is 16.6 Å². The van der Waals surface area contributed by atoms with Gasteiger partial charge in [-0.05, 0) is 44.2 Å². The highest BCUT2D eigenvalue weighted by atomic mass is 35.5. The van der Waals surface area contributed by atoms with Gasteiger partial charge in [0.25, 0.3) is 5.69 Å². The van der Waals surface area contributed by atoms with Crippen LogP contribution in [0.15, 0.2) is 42.6 Å². The largest absolute Gasteiger partial charge is 0.462 e. The molecule has 0 fully saturated rings. The Morgan fingerprint density at radius 2 is 1.81 bits per heavy atom. The van der Waals surface area contributed by atoms with Gasteiger partial charge in [0.05, 0.1) is 34.9 Å². The fourth-order valence-electron chi connectivity index (χ4n) is 2.91. The number of aromatic nitrogens is 1. The fourth-order valence-corrected chi connectivity index (χ4v) is 3.09. The van der Waals surface area contributed by atoms with Crippen molar-refractivity contribution >= 4 is 51.5 Å². The van der Waals surface area contributed by atoms with E-state index in [4.69, 9.17) is 21.1 Å². The highest BCUT2D eigenvalue weighted by Gasteiger charge is 2.20. The van der Waals surface area contributed by atoms with E-state index in [2.05, 4.69) is 10.3 Å². The monoisotopic (exact) mass is 443 g/mol. The van der Waals surface area contributed by atoms with Gasteiger partial charge in [-0.3, -0.25) is 15.1 Å². The van der Waals surface area contributed by atoms with Crippen LogP contribution in [0.4, 0.5) is 17.1 Å². The Kier molecular flexibility index (Phi) is 6.66. The first-order valence-corrected chi connectivity index (χ1v) is 9.71. The fraction of sp³-hybridized carbons (Fsp3) is 0.190. The molecule has 0 atom stereocenters. The minimum atomic E-state index is -0.635. The predicted molar refractivity (Wildman–Crippen MR) is 115 cm³/mol. The number of nitro benzene ring substituents is 1. The quantitative estimate of drug-likeness (QED) is 0.311. The number of halogens is 1. The summed E-state index contributed by atoms with van der Waals surface area (Å²) >= 11 is 5.89. The molecular weight excluding hydrogens is 426 g/mol. The number of pyridine rings is 1. The van der Waals surface area contributed by atoms with Gasteiger partial charge in [0.1, 0.15) is 10.6 Å². The maximum absolute atomic E-state index is 12.5. The molecule has 2 aromatic carbocycles. The molecule has 31 heavy (non-hydrogen) atoms. The van der Waals surface area contributed by atoms with Crippen LogP contribution in [0.2, 0.25) is 5.02 Å². The van der Waals surface area contributed by atoms with Gasteiger partial charge in [-0.2, -0.15) is 0 Å². The van der Waals surface area contributed by atoms with Crippen LogP contribution < -0.4 is 5.32 Å². The van der Waals surface area contributed by atoms with Gasteiger partial charge >= 0.3 is 11.9 Å². The molecule has 3 aromatic rings. The average molecular weight is 444 g/mol. The highest BCUT2D eigenvalue weighted by Crippen LogP contribution is 2.33. The molecule has 0 saturated heterocycles. The molecule has 160 valence electrons. The van der Waals surface area contributed by atoms with Gasteiger partial charge in [-0.15, -0.1) is 0 Å². The van der Waals surface area contributed by atoms with Gasteiger partial charge in [-0.1, -0.05) is 11.6 Å². The number of nitrogens with one attached hydrogen (secondary N) is 1. The zero-order chi connectivity index (χ0) is 22.5. The zero-order valence-electron chi connectivity index (χ0n) is 16.7. The van der Waals surface area contributed by atoms with Crippen molar-refractivity contribution in [2.24, 2.45) is 0 Å². The molecule has 10 heteroatoms. The van der Waals surface area contributed by atoms with Gasteiger partial charge < -0.3 is 14.8 Å². The Morgan fingerprint density at radius 3 is 2.48 bits per heavy atom. The summed E-state index contributed by atoms with van der Waals surface area (Å²) in [7, 11) is 0. The number of carbonyl (C=O) groups is 2. The number of nitro groups is 1. The summed E-state index contributed by atoms with van der Waals surface area (Å²) in [4.78, 5) is 39.6. The lowest BCUT2D eigenvalue weighted by molar-refractivity contribution is -0.384. The zero-order valence-corrected chi connectivity index (χ0v) is 17.4.